The van der Waals surface area contributed by atoms with Crippen LogP contribution in [0, 0.1) is 0 Å². The Hall–Kier alpha value is -0.900. The van der Waals surface area contributed by atoms with E-state index in [0.29, 0.717) is 6.61 Å². The van der Waals surface area contributed by atoms with E-state index in [4.69, 9.17) is 9.84 Å². The average molecular weight is 193 g/mol. The lowest BCUT2D eigenvalue weighted by Crippen LogP contribution is -2.16. The van der Waals surface area contributed by atoms with Crippen molar-refractivity contribution in [3.8, 4) is 0 Å². The SMILES string of the molecule is COCc1ccc2c(c1)CN(CO)C2. The summed E-state index contributed by atoms with van der Waals surface area (Å²) in [6.07, 6.45) is 0. The van der Waals surface area contributed by atoms with Gasteiger partial charge in [-0.2, -0.15) is 0 Å². The Balaban J connectivity index is 2.17. The summed E-state index contributed by atoms with van der Waals surface area (Å²) in [4.78, 5) is 2.00. The molecule has 0 amide bonds. The third-order valence-corrected chi connectivity index (χ3v) is 2.57. The molecule has 14 heavy (non-hydrogen) atoms. The Morgan fingerprint density at radius 3 is 2.86 bits per heavy atom. The van der Waals surface area contributed by atoms with E-state index in [1.54, 1.807) is 7.11 Å². The van der Waals surface area contributed by atoms with Gasteiger partial charge in [0.05, 0.1) is 13.3 Å². The molecule has 0 aliphatic carbocycles. The number of rotatable bonds is 3. The van der Waals surface area contributed by atoms with Crippen LogP contribution in [0.1, 0.15) is 16.7 Å². The van der Waals surface area contributed by atoms with E-state index < -0.39 is 0 Å². The lowest BCUT2D eigenvalue weighted by atomic mass is 10.1. The van der Waals surface area contributed by atoms with Crippen molar-refractivity contribution in [2.24, 2.45) is 0 Å². The number of hydrogen-bond acceptors (Lipinski definition) is 3. The predicted molar refractivity (Wildman–Crippen MR) is 53.5 cm³/mol. The summed E-state index contributed by atoms with van der Waals surface area (Å²) < 4.78 is 5.08. The molecule has 0 saturated carbocycles. The van der Waals surface area contributed by atoms with E-state index in [1.165, 1.54) is 16.7 Å². The van der Waals surface area contributed by atoms with Crippen molar-refractivity contribution in [1.82, 2.24) is 4.90 Å². The fourth-order valence-electron chi connectivity index (χ4n) is 1.87. The molecule has 0 fully saturated rings. The smallest absolute Gasteiger partial charge is 0.0962 e. The van der Waals surface area contributed by atoms with E-state index in [-0.39, 0.29) is 6.73 Å². The van der Waals surface area contributed by atoms with Crippen LogP contribution in [0.4, 0.5) is 0 Å². The molecule has 3 heteroatoms. The maximum atomic E-state index is 9.01. The third-order valence-electron chi connectivity index (χ3n) is 2.57. The van der Waals surface area contributed by atoms with Crippen LogP contribution in [-0.2, 0) is 24.4 Å². The molecule has 1 N–H and O–H groups in total. The second-order valence-corrected chi connectivity index (χ2v) is 3.66. The van der Waals surface area contributed by atoms with Crippen LogP contribution in [0.25, 0.3) is 0 Å². The zero-order valence-corrected chi connectivity index (χ0v) is 8.36. The molecule has 0 aromatic heterocycles. The summed E-state index contributed by atoms with van der Waals surface area (Å²) in [5, 5.41) is 9.01. The number of aliphatic hydroxyl groups excluding tert-OH is 1. The van der Waals surface area contributed by atoms with Crippen LogP contribution >= 0.6 is 0 Å². The minimum absolute atomic E-state index is 0.133. The maximum absolute atomic E-state index is 9.01. The summed E-state index contributed by atoms with van der Waals surface area (Å²) in [5.74, 6) is 0. The van der Waals surface area contributed by atoms with Gasteiger partial charge in [0, 0.05) is 20.2 Å². The van der Waals surface area contributed by atoms with Crippen molar-refractivity contribution in [2.45, 2.75) is 19.7 Å². The van der Waals surface area contributed by atoms with Gasteiger partial charge in [0.15, 0.2) is 0 Å². The summed E-state index contributed by atoms with van der Waals surface area (Å²) in [6, 6.07) is 6.37. The van der Waals surface area contributed by atoms with E-state index in [0.717, 1.165) is 13.1 Å². The zero-order chi connectivity index (χ0) is 9.97. The van der Waals surface area contributed by atoms with E-state index >= 15 is 0 Å². The van der Waals surface area contributed by atoms with Gasteiger partial charge in [0.2, 0.25) is 0 Å². The second-order valence-electron chi connectivity index (χ2n) is 3.66. The van der Waals surface area contributed by atoms with E-state index in [1.807, 2.05) is 4.90 Å². The highest BCUT2D eigenvalue weighted by Crippen LogP contribution is 2.23. The summed E-state index contributed by atoms with van der Waals surface area (Å²) >= 11 is 0. The molecule has 2 rings (SSSR count). The van der Waals surface area contributed by atoms with Crippen LogP contribution in [0.5, 0.6) is 0 Å². The van der Waals surface area contributed by atoms with Crippen LogP contribution in [0.2, 0.25) is 0 Å². The first kappa shape index (κ1) is 9.65. The largest absolute Gasteiger partial charge is 0.381 e. The molecular weight excluding hydrogens is 178 g/mol. The highest BCUT2D eigenvalue weighted by Gasteiger charge is 2.17. The molecule has 1 aliphatic heterocycles. The molecule has 0 radical (unpaired) electrons. The van der Waals surface area contributed by atoms with Gasteiger partial charge in [-0.3, -0.25) is 4.90 Å². The standard InChI is InChI=1S/C11H15NO2/c1-14-7-9-2-3-10-5-12(8-13)6-11(10)4-9/h2-4,13H,5-8H2,1H3. The Kier molecular flexibility index (Phi) is 2.82. The second kappa shape index (κ2) is 4.09. The van der Waals surface area contributed by atoms with Crippen molar-refractivity contribution in [3.63, 3.8) is 0 Å². The number of fused-ring (bicyclic) bond motifs is 1. The van der Waals surface area contributed by atoms with Crippen LogP contribution in [0.15, 0.2) is 18.2 Å². The molecule has 0 spiro atoms. The molecule has 76 valence electrons. The number of benzene rings is 1. The van der Waals surface area contributed by atoms with Crippen molar-refractivity contribution in [1.29, 1.82) is 0 Å². The minimum Gasteiger partial charge on any atom is -0.381 e. The van der Waals surface area contributed by atoms with Crippen LogP contribution in [-0.4, -0.2) is 23.8 Å². The highest BCUT2D eigenvalue weighted by molar-refractivity contribution is 5.34. The van der Waals surface area contributed by atoms with Gasteiger partial charge in [-0.15, -0.1) is 0 Å². The number of hydrogen-bond donors (Lipinski definition) is 1. The molecule has 1 aliphatic rings. The molecule has 1 aromatic rings. The van der Waals surface area contributed by atoms with Crippen molar-refractivity contribution < 1.29 is 9.84 Å². The first-order valence-corrected chi connectivity index (χ1v) is 4.76. The predicted octanol–water partition coefficient (Wildman–Crippen LogP) is 1.10. The molecule has 0 bridgehead atoms. The fraction of sp³-hybridized carbons (Fsp3) is 0.455. The van der Waals surface area contributed by atoms with Gasteiger partial charge in [-0.05, 0) is 16.7 Å². The fourth-order valence-corrected chi connectivity index (χ4v) is 1.87. The van der Waals surface area contributed by atoms with Gasteiger partial charge < -0.3 is 9.84 Å². The molecule has 3 nitrogen and oxygen atoms in total. The zero-order valence-electron chi connectivity index (χ0n) is 8.36. The van der Waals surface area contributed by atoms with Crippen molar-refractivity contribution in [2.75, 3.05) is 13.8 Å². The molecule has 0 atom stereocenters. The van der Waals surface area contributed by atoms with Crippen molar-refractivity contribution in [3.05, 3.63) is 34.9 Å². The Morgan fingerprint density at radius 1 is 1.36 bits per heavy atom. The Bertz CT molecular complexity index is 325. The lowest BCUT2D eigenvalue weighted by molar-refractivity contribution is 0.106. The number of ether oxygens (including phenoxy) is 1. The molecule has 0 unspecified atom stereocenters. The average Bonchev–Trinajstić information content (AvgIpc) is 2.60. The normalized spacial score (nSPS) is 15.9. The van der Waals surface area contributed by atoms with Gasteiger partial charge >= 0.3 is 0 Å². The van der Waals surface area contributed by atoms with Crippen molar-refractivity contribution >= 4 is 0 Å². The highest BCUT2D eigenvalue weighted by atomic mass is 16.5. The number of aliphatic hydroxyl groups is 1. The Labute approximate surface area is 83.9 Å². The quantitative estimate of drug-likeness (QED) is 0.780. The molecule has 0 saturated heterocycles. The van der Waals surface area contributed by atoms with E-state index in [9.17, 15) is 0 Å². The van der Waals surface area contributed by atoms with Gasteiger partial charge in [-0.1, -0.05) is 18.2 Å². The molecule has 1 heterocycles. The van der Waals surface area contributed by atoms with Gasteiger partial charge in [0.1, 0.15) is 0 Å². The maximum Gasteiger partial charge on any atom is 0.0962 e. The van der Waals surface area contributed by atoms with Crippen LogP contribution in [0.3, 0.4) is 0 Å². The van der Waals surface area contributed by atoms with Gasteiger partial charge in [0.25, 0.3) is 0 Å². The number of methoxy groups -OCH3 is 1. The molecular formula is C11H15NO2. The molecule has 1 aromatic carbocycles. The summed E-state index contributed by atoms with van der Waals surface area (Å²) in [5.41, 5.74) is 3.83. The summed E-state index contributed by atoms with van der Waals surface area (Å²) in [6.45, 7) is 2.50. The first-order valence-electron chi connectivity index (χ1n) is 4.76. The lowest BCUT2D eigenvalue weighted by Gasteiger charge is -2.08. The third kappa shape index (κ3) is 1.80. The van der Waals surface area contributed by atoms with Gasteiger partial charge in [-0.25, -0.2) is 0 Å². The monoisotopic (exact) mass is 193 g/mol. The minimum atomic E-state index is 0.133. The van der Waals surface area contributed by atoms with E-state index in [2.05, 4.69) is 18.2 Å². The Morgan fingerprint density at radius 2 is 2.14 bits per heavy atom. The topological polar surface area (TPSA) is 32.7 Å². The van der Waals surface area contributed by atoms with Crippen LogP contribution < -0.4 is 0 Å². The summed E-state index contributed by atoms with van der Waals surface area (Å²) in [7, 11) is 1.70. The first-order chi connectivity index (χ1) is 6.83. The number of nitrogens with zero attached hydrogens (tertiary/aromatic N) is 1.